The average Bonchev–Trinajstić information content (AvgIpc) is 2.96. The molecule has 0 radical (unpaired) electrons. The van der Waals surface area contributed by atoms with E-state index in [1.165, 1.54) is 12.1 Å². The summed E-state index contributed by atoms with van der Waals surface area (Å²) >= 11 is 0. The van der Waals surface area contributed by atoms with Crippen LogP contribution < -0.4 is 26.6 Å². The van der Waals surface area contributed by atoms with Crippen molar-refractivity contribution in [1.29, 1.82) is 0 Å². The number of benzene rings is 2. The molecule has 1 atom stereocenters. The Bertz CT molecular complexity index is 1460. The minimum Gasteiger partial charge on any atom is -0.479 e. The lowest BCUT2D eigenvalue weighted by molar-refractivity contribution is -0.139. The Kier molecular flexibility index (Phi) is 8.77. The maximum Gasteiger partial charge on any atom is 0.341 e. The summed E-state index contributed by atoms with van der Waals surface area (Å²) in [4.78, 5) is 38.5. The number of hydrogen-bond acceptors (Lipinski definition) is 10. The van der Waals surface area contributed by atoms with Gasteiger partial charge in [-0.1, -0.05) is 0 Å². The summed E-state index contributed by atoms with van der Waals surface area (Å²) in [6, 6.07) is 7.80. The molecule has 0 saturated carbocycles. The van der Waals surface area contributed by atoms with E-state index in [4.69, 9.17) is 10.8 Å². The number of guanidine groups is 1. The first-order chi connectivity index (χ1) is 19.4. The van der Waals surface area contributed by atoms with Gasteiger partial charge < -0.3 is 36.8 Å². The summed E-state index contributed by atoms with van der Waals surface area (Å²) in [5.74, 6) is -4.05. The molecule has 0 spiro atoms. The number of aliphatic imine (C=N–C) groups is 1. The fourth-order valence-corrected chi connectivity index (χ4v) is 5.99. The maximum atomic E-state index is 15.0. The Morgan fingerprint density at radius 3 is 2.32 bits per heavy atom. The zero-order valence-electron chi connectivity index (χ0n) is 22.0. The number of carbonyl (C=O) groups excluding carboxylic acids is 1. The number of aromatic carboxylic acids is 1. The topological polar surface area (TPSA) is 204 Å². The number of nitrogens with zero attached hydrogens (tertiary/aromatic N) is 2. The van der Waals surface area contributed by atoms with Crippen LogP contribution in [0.3, 0.4) is 0 Å². The van der Waals surface area contributed by atoms with Gasteiger partial charge in [0.05, 0.1) is 22.7 Å². The van der Waals surface area contributed by atoms with Gasteiger partial charge in [0.1, 0.15) is 5.82 Å². The molecule has 220 valence electrons. The molecule has 15 heteroatoms. The van der Waals surface area contributed by atoms with E-state index in [-0.39, 0.29) is 17.2 Å². The Morgan fingerprint density at radius 1 is 1.10 bits per heavy atom. The minimum atomic E-state index is -4.79. The van der Waals surface area contributed by atoms with E-state index in [1.54, 1.807) is 0 Å². The molecule has 2 aliphatic heterocycles. The predicted octanol–water partition coefficient (Wildman–Crippen LogP) is 0.375. The van der Waals surface area contributed by atoms with Crippen LogP contribution in [0.1, 0.15) is 40.0 Å². The molecule has 13 nitrogen and oxygen atoms in total. The molecule has 1 fully saturated rings. The van der Waals surface area contributed by atoms with Gasteiger partial charge in [-0.05, 0) is 61.7 Å². The van der Waals surface area contributed by atoms with Gasteiger partial charge in [0.25, 0.3) is 5.91 Å². The number of amides is 1. The quantitative estimate of drug-likeness (QED) is 0.235. The zero-order chi connectivity index (χ0) is 29.8. The molecular weight excluding hydrogens is 559 g/mol. The van der Waals surface area contributed by atoms with Gasteiger partial charge in [-0.15, -0.1) is 0 Å². The third-order valence-corrected chi connectivity index (χ3v) is 9.22. The summed E-state index contributed by atoms with van der Waals surface area (Å²) in [7, 11) is -4.79. The highest BCUT2D eigenvalue weighted by Gasteiger charge is 2.49. The second kappa shape index (κ2) is 12.1. The number of halogens is 1. The molecule has 1 amide bonds. The highest BCUT2D eigenvalue weighted by atomic mass is 32.2. The number of nitrogens with one attached hydrogen (secondary N) is 3. The van der Waals surface area contributed by atoms with Crippen molar-refractivity contribution in [3.05, 3.63) is 59.4 Å². The molecule has 0 aromatic heterocycles. The molecule has 2 aliphatic rings. The van der Waals surface area contributed by atoms with Crippen molar-refractivity contribution in [2.24, 2.45) is 10.7 Å². The lowest BCUT2D eigenvalue weighted by Crippen LogP contribution is -2.61. The normalized spacial score (nSPS) is 17.5. The number of piperidine rings is 1. The highest BCUT2D eigenvalue weighted by Crippen LogP contribution is 2.26. The fraction of sp³-hybridized carbons (Fsp3) is 0.385. The zero-order valence-corrected chi connectivity index (χ0v) is 22.8. The maximum absolute atomic E-state index is 15.0. The number of hydrogen-bond donors (Lipinski definition) is 6. The van der Waals surface area contributed by atoms with Crippen LogP contribution in [0, 0.1) is 5.82 Å². The van der Waals surface area contributed by atoms with Crippen molar-refractivity contribution >= 4 is 39.3 Å². The first-order valence-corrected chi connectivity index (χ1v) is 14.4. The van der Waals surface area contributed by atoms with Crippen LogP contribution in [0.4, 0.5) is 10.1 Å². The number of carboxylic acid groups (broad SMARTS) is 2. The second-order valence-electron chi connectivity index (χ2n) is 9.79. The van der Waals surface area contributed by atoms with Crippen LogP contribution in [0.2, 0.25) is 0 Å². The van der Waals surface area contributed by atoms with Gasteiger partial charge in [0, 0.05) is 37.8 Å². The number of carbonyl (C=O) groups is 3. The van der Waals surface area contributed by atoms with Crippen molar-refractivity contribution in [2.75, 3.05) is 37.6 Å². The smallest absolute Gasteiger partial charge is 0.341 e. The van der Waals surface area contributed by atoms with Gasteiger partial charge in [-0.25, -0.2) is 22.4 Å². The third kappa shape index (κ3) is 6.41. The van der Waals surface area contributed by atoms with Gasteiger partial charge in [-0.3, -0.25) is 9.79 Å². The van der Waals surface area contributed by atoms with Crippen molar-refractivity contribution in [3.63, 3.8) is 0 Å². The summed E-state index contributed by atoms with van der Waals surface area (Å²) in [6.45, 7) is 1.77. The molecule has 0 bridgehead atoms. The van der Waals surface area contributed by atoms with Crippen LogP contribution in [0.25, 0.3) is 0 Å². The largest absolute Gasteiger partial charge is 0.479 e. The van der Waals surface area contributed by atoms with Crippen LogP contribution >= 0.6 is 0 Å². The number of nitrogens with two attached hydrogens (primary N) is 1. The number of anilines is 1. The predicted molar refractivity (Wildman–Crippen MR) is 147 cm³/mol. The lowest BCUT2D eigenvalue weighted by Gasteiger charge is -2.35. The van der Waals surface area contributed by atoms with E-state index in [0.29, 0.717) is 18.8 Å². The number of rotatable bonds is 9. The van der Waals surface area contributed by atoms with Crippen LogP contribution in [0.5, 0.6) is 0 Å². The van der Waals surface area contributed by atoms with Crippen molar-refractivity contribution in [2.45, 2.75) is 35.1 Å². The molecule has 41 heavy (non-hydrogen) atoms. The Balaban J connectivity index is 1.40. The molecule has 1 saturated heterocycles. The first kappa shape index (κ1) is 29.7. The standard InChI is InChI=1S/C26H31FN6O7S/c27-20-14-17(4-7-21(20)33-12-8-18(9-13-33)32-25-29-10-1-11-30-25)22(34)31-15-26(28,24(37)38)41(39,40)19-5-2-16(3-6-19)23(35)36/h2-7,14,18H,1,8-13,15,28H2,(H,31,34)(H,35,36)(H,37,38)(H2,29,30,32)/t26-/m0/s1. The average molecular weight is 591 g/mol. The van der Waals surface area contributed by atoms with Gasteiger partial charge in [-0.2, -0.15) is 0 Å². The summed E-state index contributed by atoms with van der Waals surface area (Å²) < 4.78 is 41.1. The summed E-state index contributed by atoms with van der Waals surface area (Å²) in [5.41, 5.74) is 5.72. The molecule has 7 N–H and O–H groups in total. The molecule has 0 unspecified atom stereocenters. The Morgan fingerprint density at radius 2 is 1.76 bits per heavy atom. The minimum absolute atomic E-state index is 0.153. The van der Waals surface area contributed by atoms with Crippen molar-refractivity contribution < 1.29 is 37.4 Å². The van der Waals surface area contributed by atoms with Gasteiger partial charge >= 0.3 is 11.9 Å². The molecule has 0 aliphatic carbocycles. The van der Waals surface area contributed by atoms with Crippen molar-refractivity contribution in [3.8, 4) is 0 Å². The fourth-order valence-electron chi connectivity index (χ4n) is 4.58. The first-order valence-electron chi connectivity index (χ1n) is 12.9. The number of sulfone groups is 1. The van der Waals surface area contributed by atoms with E-state index < -0.39 is 49.8 Å². The lowest BCUT2D eigenvalue weighted by atomic mass is 10.0. The SMILES string of the molecule is N[C@](CNC(=O)c1ccc(N2CCC(NC3=NCCCN3)CC2)c(F)c1)(C(=O)O)S(=O)(=O)c1ccc(C(=O)O)cc1. The van der Waals surface area contributed by atoms with Gasteiger partial charge in [0.2, 0.25) is 14.7 Å². The van der Waals surface area contributed by atoms with Crippen molar-refractivity contribution in [1.82, 2.24) is 16.0 Å². The summed E-state index contributed by atoms with van der Waals surface area (Å²) in [5, 5.41) is 27.4. The van der Waals surface area contributed by atoms with E-state index in [0.717, 1.165) is 68.6 Å². The van der Waals surface area contributed by atoms with Gasteiger partial charge in [0.15, 0.2) is 5.96 Å². The third-order valence-electron chi connectivity index (χ3n) is 7.05. The monoisotopic (exact) mass is 590 g/mol. The Labute approximate surface area is 235 Å². The molecular formula is C26H31FN6O7S. The molecule has 2 heterocycles. The Hall–Kier alpha value is -4.24. The molecule has 4 rings (SSSR count). The van der Waals surface area contributed by atoms with E-state index >= 15 is 4.39 Å². The van der Waals surface area contributed by atoms with Crippen LogP contribution in [-0.2, 0) is 14.6 Å². The number of aliphatic carboxylic acids is 1. The summed E-state index contributed by atoms with van der Waals surface area (Å²) in [6.07, 6.45) is 2.50. The van der Waals surface area contributed by atoms with E-state index in [9.17, 15) is 27.9 Å². The number of carboxylic acids is 2. The van der Waals surface area contributed by atoms with Crippen LogP contribution in [-0.4, -0.2) is 86.1 Å². The van der Waals surface area contributed by atoms with E-state index in [1.807, 2.05) is 4.90 Å². The molecule has 2 aromatic carbocycles. The second-order valence-corrected chi connectivity index (χ2v) is 12.0. The highest BCUT2D eigenvalue weighted by molar-refractivity contribution is 7.93. The molecule has 2 aromatic rings. The van der Waals surface area contributed by atoms with E-state index in [2.05, 4.69) is 20.9 Å². The van der Waals surface area contributed by atoms with Crippen LogP contribution in [0.15, 0.2) is 52.4 Å².